The summed E-state index contributed by atoms with van der Waals surface area (Å²) in [5, 5.41) is 7.10. The highest BCUT2D eigenvalue weighted by Crippen LogP contribution is 2.37. The number of hydrogen-bond acceptors (Lipinski definition) is 5. The Bertz CT molecular complexity index is 925. The lowest BCUT2D eigenvalue weighted by Crippen LogP contribution is -2.18. The third-order valence-corrected chi connectivity index (χ3v) is 5.84. The number of rotatable bonds is 5. The Kier molecular flexibility index (Phi) is 6.06. The lowest BCUT2D eigenvalue weighted by Gasteiger charge is -2.16. The molecular weight excluding hydrogens is 368 g/mol. The summed E-state index contributed by atoms with van der Waals surface area (Å²) in [4.78, 5) is 25.8. The summed E-state index contributed by atoms with van der Waals surface area (Å²) in [6.07, 6.45) is 0.879. The van der Waals surface area contributed by atoms with Crippen molar-refractivity contribution >= 4 is 29.2 Å². The van der Waals surface area contributed by atoms with Gasteiger partial charge >= 0.3 is 0 Å². The van der Waals surface area contributed by atoms with Crippen molar-refractivity contribution in [1.29, 1.82) is 0 Å². The molecule has 2 atom stereocenters. The highest BCUT2D eigenvalue weighted by Gasteiger charge is 2.42. The maximum Gasteiger partial charge on any atom is 0.151 e. The summed E-state index contributed by atoms with van der Waals surface area (Å²) in [6, 6.07) is 11.9. The van der Waals surface area contributed by atoms with Crippen LogP contribution in [-0.2, 0) is 16.0 Å². The molecule has 1 aliphatic carbocycles. The summed E-state index contributed by atoms with van der Waals surface area (Å²) in [6.45, 7) is 6.00. The predicted octanol–water partition coefficient (Wildman–Crippen LogP) is 3.96. The lowest BCUT2D eigenvalue weighted by molar-refractivity contribution is -0.124. The zero-order chi connectivity index (χ0) is 20.4. The van der Waals surface area contributed by atoms with E-state index >= 15 is 0 Å². The third-order valence-electron chi connectivity index (χ3n) is 5.45. The second-order valence-electron chi connectivity index (χ2n) is 7.63. The Morgan fingerprint density at radius 2 is 1.71 bits per heavy atom. The monoisotopic (exact) mass is 394 g/mol. The number of carbonyl (C=O) groups excluding carboxylic acids is 2. The van der Waals surface area contributed by atoms with Crippen molar-refractivity contribution in [3.05, 3.63) is 75.2 Å². The maximum absolute atomic E-state index is 13.1. The topological polar surface area (TPSA) is 86.2 Å². The molecule has 2 aromatic rings. The molecule has 3 rings (SSSR count). The van der Waals surface area contributed by atoms with Crippen LogP contribution in [0.4, 0.5) is 0 Å². The van der Waals surface area contributed by atoms with Gasteiger partial charge in [0.25, 0.3) is 0 Å². The van der Waals surface area contributed by atoms with Gasteiger partial charge in [0.2, 0.25) is 0 Å². The fourth-order valence-corrected chi connectivity index (χ4v) is 4.52. The molecule has 0 spiro atoms. The summed E-state index contributed by atoms with van der Waals surface area (Å²) in [5.41, 5.74) is 12.6. The van der Waals surface area contributed by atoms with Crippen molar-refractivity contribution in [2.24, 2.45) is 16.8 Å². The fourth-order valence-electron chi connectivity index (χ4n) is 4.24. The van der Waals surface area contributed by atoms with E-state index < -0.39 is 5.92 Å². The Labute approximate surface area is 170 Å². The molecule has 0 heterocycles. The second kappa shape index (κ2) is 8.33. The lowest BCUT2D eigenvalue weighted by atomic mass is 9.86. The molecule has 1 saturated carbocycles. The van der Waals surface area contributed by atoms with E-state index in [9.17, 15) is 9.59 Å². The first kappa shape index (κ1) is 20.4. The molecule has 1 aliphatic rings. The number of carbonyl (C=O) groups is 2. The summed E-state index contributed by atoms with van der Waals surface area (Å²) in [7, 11) is 0. The Balaban J connectivity index is 1.80. The normalized spacial score (nSPS) is 20.1. The minimum Gasteiger partial charge on any atom is -0.398 e. The average Bonchev–Trinajstić information content (AvgIpc) is 2.89. The molecule has 2 aromatic carbocycles. The van der Waals surface area contributed by atoms with Gasteiger partial charge in [-0.25, -0.2) is 0 Å². The molecule has 4 nitrogen and oxygen atoms in total. The van der Waals surface area contributed by atoms with Crippen molar-refractivity contribution in [1.82, 2.24) is 0 Å². The molecule has 0 radical (unpaired) electrons. The SMILES string of the molecule is Cc1cc(C)c(C2C(=O)CC(Cc3ccc(/C(N)=C/SN)cc3)C2=O)c(C)c1. The minimum absolute atomic E-state index is 0.0359. The summed E-state index contributed by atoms with van der Waals surface area (Å²) < 4.78 is 0. The fraction of sp³-hybridized carbons (Fsp3) is 0.304. The standard InChI is InChI=1S/C23H26N2O2S/c1-13-8-14(2)21(15(3)9-13)22-20(26)11-18(23(22)27)10-16-4-6-17(7-5-16)19(24)12-28-25/h4-9,12,18,22H,10-11,24-25H2,1-3H3/b19-12-. The van der Waals surface area contributed by atoms with Gasteiger partial charge in [-0.15, -0.1) is 0 Å². The van der Waals surface area contributed by atoms with Crippen LogP contribution in [0.2, 0.25) is 0 Å². The Morgan fingerprint density at radius 1 is 1.11 bits per heavy atom. The average molecular weight is 395 g/mol. The number of ketones is 2. The summed E-state index contributed by atoms with van der Waals surface area (Å²) in [5.74, 6) is -0.808. The van der Waals surface area contributed by atoms with Crippen LogP contribution in [0.25, 0.3) is 5.70 Å². The molecule has 0 amide bonds. The molecule has 0 bridgehead atoms. The van der Waals surface area contributed by atoms with Gasteiger partial charge in [0.1, 0.15) is 11.7 Å². The van der Waals surface area contributed by atoms with Crippen LogP contribution < -0.4 is 10.9 Å². The molecule has 0 saturated heterocycles. The van der Waals surface area contributed by atoms with Gasteiger partial charge in [0.05, 0.1) is 0 Å². The zero-order valence-electron chi connectivity index (χ0n) is 16.5. The first-order chi connectivity index (χ1) is 13.3. The molecule has 146 valence electrons. The van der Waals surface area contributed by atoms with Crippen LogP contribution in [-0.4, -0.2) is 11.6 Å². The second-order valence-corrected chi connectivity index (χ2v) is 8.13. The summed E-state index contributed by atoms with van der Waals surface area (Å²) >= 11 is 1.07. The number of Topliss-reactive ketones (excluding diaryl/α,β-unsaturated/α-hetero) is 2. The van der Waals surface area contributed by atoms with Gasteiger partial charge in [-0.1, -0.05) is 53.9 Å². The third kappa shape index (κ3) is 4.05. The van der Waals surface area contributed by atoms with E-state index in [4.69, 9.17) is 10.9 Å². The first-order valence-corrected chi connectivity index (χ1v) is 10.3. The van der Waals surface area contributed by atoms with E-state index in [1.165, 1.54) is 0 Å². The smallest absolute Gasteiger partial charge is 0.151 e. The number of aryl methyl sites for hydroxylation is 3. The molecule has 2 unspecified atom stereocenters. The van der Waals surface area contributed by atoms with Crippen molar-refractivity contribution in [3.63, 3.8) is 0 Å². The van der Waals surface area contributed by atoms with Crippen molar-refractivity contribution in [3.8, 4) is 0 Å². The van der Waals surface area contributed by atoms with E-state index in [1.54, 1.807) is 5.41 Å². The van der Waals surface area contributed by atoms with Gasteiger partial charge in [-0.05, 0) is 55.0 Å². The zero-order valence-corrected chi connectivity index (χ0v) is 17.3. The van der Waals surface area contributed by atoms with Crippen molar-refractivity contribution < 1.29 is 9.59 Å². The van der Waals surface area contributed by atoms with Gasteiger partial charge in [-0.2, -0.15) is 0 Å². The van der Waals surface area contributed by atoms with E-state index in [2.05, 4.69) is 0 Å². The molecule has 28 heavy (non-hydrogen) atoms. The maximum atomic E-state index is 13.1. The number of benzene rings is 2. The van der Waals surface area contributed by atoms with Crippen LogP contribution in [0, 0.1) is 26.7 Å². The van der Waals surface area contributed by atoms with E-state index in [1.807, 2.05) is 57.2 Å². The quantitative estimate of drug-likeness (QED) is 0.592. The van der Waals surface area contributed by atoms with Gasteiger partial charge in [-0.3, -0.25) is 14.7 Å². The van der Waals surface area contributed by atoms with Crippen molar-refractivity contribution in [2.75, 3.05) is 0 Å². The molecule has 0 aliphatic heterocycles. The Hall–Kier alpha value is -2.37. The van der Waals surface area contributed by atoms with Crippen LogP contribution in [0.5, 0.6) is 0 Å². The molecule has 0 aromatic heterocycles. The van der Waals surface area contributed by atoms with Crippen LogP contribution >= 0.6 is 11.9 Å². The van der Waals surface area contributed by atoms with Crippen molar-refractivity contribution in [2.45, 2.75) is 39.5 Å². The highest BCUT2D eigenvalue weighted by atomic mass is 32.2. The molecule has 5 heteroatoms. The number of nitrogens with two attached hydrogens (primary N) is 2. The van der Waals surface area contributed by atoms with Gasteiger partial charge < -0.3 is 5.73 Å². The van der Waals surface area contributed by atoms with Gasteiger partial charge in [0, 0.05) is 23.4 Å². The Morgan fingerprint density at radius 3 is 2.29 bits per heavy atom. The minimum atomic E-state index is -0.620. The highest BCUT2D eigenvalue weighted by molar-refractivity contribution is 8.00. The predicted molar refractivity (Wildman–Crippen MR) is 116 cm³/mol. The van der Waals surface area contributed by atoms with Crippen LogP contribution in [0.3, 0.4) is 0 Å². The molecule has 1 fully saturated rings. The van der Waals surface area contributed by atoms with E-state index in [0.717, 1.165) is 45.3 Å². The van der Waals surface area contributed by atoms with Crippen LogP contribution in [0.15, 0.2) is 41.8 Å². The van der Waals surface area contributed by atoms with E-state index in [-0.39, 0.29) is 17.5 Å². The van der Waals surface area contributed by atoms with Gasteiger partial charge in [0.15, 0.2) is 5.78 Å². The van der Waals surface area contributed by atoms with E-state index in [0.29, 0.717) is 18.5 Å². The first-order valence-electron chi connectivity index (χ1n) is 9.36. The number of hydrogen-bond donors (Lipinski definition) is 2. The van der Waals surface area contributed by atoms with Crippen LogP contribution in [0.1, 0.15) is 45.7 Å². The largest absolute Gasteiger partial charge is 0.398 e. The molecule has 4 N–H and O–H groups in total. The molecular formula is C23H26N2O2S.